The molecule has 0 atom stereocenters. The number of aromatic nitrogens is 2. The molecule has 0 N–H and O–H groups in total. The minimum atomic E-state index is -0.437. The van der Waals surface area contributed by atoms with E-state index < -0.39 is 5.97 Å². The van der Waals surface area contributed by atoms with E-state index in [2.05, 4.69) is 25.0 Å². The fourth-order valence-corrected chi connectivity index (χ4v) is 4.80. The van der Waals surface area contributed by atoms with Crippen molar-refractivity contribution in [3.8, 4) is 11.5 Å². The number of rotatable bonds is 16. The van der Waals surface area contributed by atoms with E-state index >= 15 is 0 Å². The van der Waals surface area contributed by atoms with Gasteiger partial charge in [0.1, 0.15) is 11.5 Å². The summed E-state index contributed by atoms with van der Waals surface area (Å²) in [6, 6.07) is 7.23. The monoisotopic (exact) mass is 470 g/mol. The van der Waals surface area contributed by atoms with Gasteiger partial charge in [-0.2, -0.15) is 0 Å². The Morgan fingerprint density at radius 1 is 0.848 bits per heavy atom. The number of aryl methyl sites for hydroxylation is 1. The molecule has 0 saturated heterocycles. The van der Waals surface area contributed by atoms with Gasteiger partial charge in [-0.25, -0.2) is 9.78 Å². The maximum absolute atomic E-state index is 12.5. The van der Waals surface area contributed by atoms with Crippen LogP contribution in [0, 0.1) is 0 Å². The van der Waals surface area contributed by atoms with Crippen LogP contribution in [0.15, 0.2) is 36.7 Å². The minimum absolute atomic E-state index is 0.333. The third-order valence-electron chi connectivity index (χ3n) is 5.74. The van der Waals surface area contributed by atoms with Crippen LogP contribution in [0.25, 0.3) is 4.96 Å². The number of thiazole rings is 1. The number of hydrogen-bond donors (Lipinski definition) is 0. The summed E-state index contributed by atoms with van der Waals surface area (Å²) >= 11 is 1.65. The molecule has 2 heterocycles. The third kappa shape index (κ3) is 8.50. The molecule has 1 aromatic carbocycles. The van der Waals surface area contributed by atoms with E-state index in [4.69, 9.17) is 9.47 Å². The van der Waals surface area contributed by atoms with Crippen molar-refractivity contribution in [2.24, 2.45) is 0 Å². The van der Waals surface area contributed by atoms with Crippen LogP contribution in [-0.4, -0.2) is 22.0 Å². The number of fused-ring (bicyclic) bond motifs is 1. The van der Waals surface area contributed by atoms with Gasteiger partial charge in [0.05, 0.1) is 6.61 Å². The van der Waals surface area contributed by atoms with Crippen LogP contribution in [0.3, 0.4) is 0 Å². The lowest BCUT2D eigenvalue weighted by Crippen LogP contribution is -2.08. The molecule has 0 unspecified atom stereocenters. The molecule has 0 fully saturated rings. The van der Waals surface area contributed by atoms with E-state index in [1.807, 2.05) is 16.5 Å². The SMILES string of the molecule is CCCCCCCCOc1ccc(OC(=O)c2cn3cc(CCCCCCC)sc3n2)cc1. The molecule has 5 nitrogen and oxygen atoms in total. The van der Waals surface area contributed by atoms with Crippen LogP contribution in [0.1, 0.15) is 99.8 Å². The van der Waals surface area contributed by atoms with E-state index in [1.165, 1.54) is 69.1 Å². The van der Waals surface area contributed by atoms with Crippen molar-refractivity contribution in [1.82, 2.24) is 9.38 Å². The Morgan fingerprint density at radius 2 is 1.48 bits per heavy atom. The van der Waals surface area contributed by atoms with E-state index in [0.717, 1.165) is 30.2 Å². The van der Waals surface area contributed by atoms with E-state index in [9.17, 15) is 4.79 Å². The van der Waals surface area contributed by atoms with Crippen molar-refractivity contribution >= 4 is 22.3 Å². The molecule has 0 amide bonds. The number of benzene rings is 1. The van der Waals surface area contributed by atoms with Gasteiger partial charge >= 0.3 is 5.97 Å². The van der Waals surface area contributed by atoms with Crippen LogP contribution in [0.4, 0.5) is 0 Å². The average Bonchev–Trinajstić information content (AvgIpc) is 3.38. The standard InChI is InChI=1S/C27H38N2O3S/c1-3-5-7-9-11-13-19-31-22-15-17-23(18-16-22)32-26(30)25-21-29-20-24(33-27(29)28-25)14-12-10-8-6-4-2/h15-18,20-21H,3-14,19H2,1-2H3. The predicted octanol–water partition coefficient (Wildman–Crippen LogP) is 7.87. The summed E-state index contributed by atoms with van der Waals surface area (Å²) in [4.78, 5) is 19.1. The third-order valence-corrected chi connectivity index (χ3v) is 6.80. The Balaban J connectivity index is 1.41. The molecule has 0 radical (unpaired) electrons. The van der Waals surface area contributed by atoms with Gasteiger partial charge in [-0.05, 0) is 43.5 Å². The predicted molar refractivity (Wildman–Crippen MR) is 136 cm³/mol. The van der Waals surface area contributed by atoms with Crippen LogP contribution in [0.2, 0.25) is 0 Å². The summed E-state index contributed by atoms with van der Waals surface area (Å²) in [6.45, 7) is 5.18. The fourth-order valence-electron chi connectivity index (χ4n) is 3.80. The van der Waals surface area contributed by atoms with Crippen molar-refractivity contribution in [3.63, 3.8) is 0 Å². The second kappa shape index (κ2) is 14.0. The Bertz CT molecular complexity index is 930. The molecule has 3 aromatic rings. The molecular formula is C27H38N2O3S. The first-order valence-corrected chi connectivity index (χ1v) is 13.4. The van der Waals surface area contributed by atoms with Gasteiger partial charge in [0.2, 0.25) is 0 Å². The molecule has 0 aliphatic rings. The first-order chi connectivity index (χ1) is 16.2. The number of carbonyl (C=O) groups excluding carboxylic acids is 1. The number of hydrogen-bond acceptors (Lipinski definition) is 5. The highest BCUT2D eigenvalue weighted by Gasteiger charge is 2.15. The van der Waals surface area contributed by atoms with Crippen molar-refractivity contribution in [1.29, 1.82) is 0 Å². The molecule has 6 heteroatoms. The van der Waals surface area contributed by atoms with Gasteiger partial charge in [0.25, 0.3) is 0 Å². The summed E-state index contributed by atoms with van der Waals surface area (Å²) in [5.74, 6) is 0.858. The van der Waals surface area contributed by atoms with Gasteiger partial charge in [-0.3, -0.25) is 4.40 Å². The highest BCUT2D eigenvalue weighted by Crippen LogP contribution is 2.22. The van der Waals surface area contributed by atoms with Crippen molar-refractivity contribution in [2.45, 2.75) is 90.9 Å². The van der Waals surface area contributed by atoms with Crippen LogP contribution >= 0.6 is 11.3 Å². The lowest BCUT2D eigenvalue weighted by Gasteiger charge is -2.07. The second-order valence-electron chi connectivity index (χ2n) is 8.65. The molecule has 0 saturated carbocycles. The van der Waals surface area contributed by atoms with Gasteiger partial charge in [0.15, 0.2) is 10.7 Å². The van der Waals surface area contributed by atoms with Crippen LogP contribution in [-0.2, 0) is 6.42 Å². The van der Waals surface area contributed by atoms with Crippen molar-refractivity contribution in [2.75, 3.05) is 6.61 Å². The maximum Gasteiger partial charge on any atom is 0.363 e. The molecule has 33 heavy (non-hydrogen) atoms. The second-order valence-corrected chi connectivity index (χ2v) is 9.75. The summed E-state index contributed by atoms with van der Waals surface area (Å²) in [5.41, 5.74) is 0.333. The zero-order valence-electron chi connectivity index (χ0n) is 20.2. The number of unbranched alkanes of at least 4 members (excludes halogenated alkanes) is 9. The van der Waals surface area contributed by atoms with E-state index in [-0.39, 0.29) is 0 Å². The van der Waals surface area contributed by atoms with Crippen LogP contribution in [0.5, 0.6) is 11.5 Å². The van der Waals surface area contributed by atoms with Gasteiger partial charge in [0, 0.05) is 17.3 Å². The number of nitrogens with zero attached hydrogens (tertiary/aromatic N) is 2. The quantitative estimate of drug-likeness (QED) is 0.121. The summed E-state index contributed by atoms with van der Waals surface area (Å²) in [7, 11) is 0. The largest absolute Gasteiger partial charge is 0.494 e. The zero-order valence-corrected chi connectivity index (χ0v) is 21.0. The Hall–Kier alpha value is -2.34. The minimum Gasteiger partial charge on any atom is -0.494 e. The molecule has 0 aliphatic carbocycles. The number of imidazole rings is 1. The van der Waals surface area contributed by atoms with Gasteiger partial charge in [-0.1, -0.05) is 71.6 Å². The highest BCUT2D eigenvalue weighted by atomic mass is 32.1. The molecule has 0 spiro atoms. The van der Waals surface area contributed by atoms with Gasteiger partial charge in [-0.15, -0.1) is 11.3 Å². The lowest BCUT2D eigenvalue weighted by molar-refractivity contribution is 0.0729. The van der Waals surface area contributed by atoms with Crippen molar-refractivity contribution < 1.29 is 14.3 Å². The topological polar surface area (TPSA) is 52.8 Å². The van der Waals surface area contributed by atoms with Crippen molar-refractivity contribution in [3.05, 3.63) is 47.2 Å². The Kier molecular flexibility index (Phi) is 10.8. The number of ether oxygens (including phenoxy) is 2. The summed E-state index contributed by atoms with van der Waals surface area (Å²) < 4.78 is 13.2. The Labute approximate surface area is 202 Å². The normalized spacial score (nSPS) is 11.2. The molecule has 180 valence electrons. The average molecular weight is 471 g/mol. The molecule has 3 rings (SSSR count). The molecule has 0 bridgehead atoms. The molecular weight excluding hydrogens is 432 g/mol. The first-order valence-electron chi connectivity index (χ1n) is 12.6. The van der Waals surface area contributed by atoms with E-state index in [0.29, 0.717) is 11.4 Å². The summed E-state index contributed by atoms with van der Waals surface area (Å²) in [5, 5.41) is 0. The lowest BCUT2D eigenvalue weighted by atomic mass is 10.1. The van der Waals surface area contributed by atoms with Gasteiger partial charge < -0.3 is 9.47 Å². The molecule has 0 aliphatic heterocycles. The highest BCUT2D eigenvalue weighted by molar-refractivity contribution is 7.17. The van der Waals surface area contributed by atoms with E-state index in [1.54, 1.807) is 29.7 Å². The summed E-state index contributed by atoms with van der Waals surface area (Å²) in [6.07, 6.45) is 18.7. The fraction of sp³-hybridized carbons (Fsp3) is 0.556. The molecule has 2 aromatic heterocycles. The van der Waals surface area contributed by atoms with Crippen LogP contribution < -0.4 is 9.47 Å². The Morgan fingerprint density at radius 3 is 2.18 bits per heavy atom. The zero-order chi connectivity index (χ0) is 23.3. The smallest absolute Gasteiger partial charge is 0.363 e. The number of carbonyl (C=O) groups is 1. The maximum atomic E-state index is 12.5. The first kappa shape index (κ1) is 25.3. The number of esters is 1.